The Bertz CT molecular complexity index is 1770. The van der Waals surface area contributed by atoms with Gasteiger partial charge in [-0.3, -0.25) is 14.4 Å². The number of fused-ring (bicyclic) bond motifs is 3. The summed E-state index contributed by atoms with van der Waals surface area (Å²) in [5.41, 5.74) is 11.4. The van der Waals surface area contributed by atoms with E-state index < -0.39 is 29.6 Å². The van der Waals surface area contributed by atoms with Crippen LogP contribution in [-0.4, -0.2) is 17.7 Å². The largest absolute Gasteiger partial charge is 0.369 e. The topological polar surface area (TPSA) is 92.5 Å². The molecule has 244 valence electrons. The average molecular weight is 654 g/mol. The maximum Gasteiger partial charge on any atom is 0.254 e. The number of primary amides is 1. The summed E-state index contributed by atoms with van der Waals surface area (Å²) in [7, 11) is 0. The summed E-state index contributed by atoms with van der Waals surface area (Å²) < 4.78 is 13.9. The number of benzene rings is 4. The third-order valence-electron chi connectivity index (χ3n) is 8.86. The van der Waals surface area contributed by atoms with E-state index >= 15 is 0 Å². The van der Waals surface area contributed by atoms with Crippen LogP contribution in [0.4, 0.5) is 10.1 Å². The van der Waals surface area contributed by atoms with Crippen LogP contribution in [0.5, 0.6) is 0 Å². The zero-order valence-electron chi connectivity index (χ0n) is 27.0. The highest BCUT2D eigenvalue weighted by molar-refractivity contribution is 6.31. The van der Waals surface area contributed by atoms with Crippen LogP contribution in [0, 0.1) is 23.6 Å². The van der Waals surface area contributed by atoms with Crippen molar-refractivity contribution in [3.63, 3.8) is 0 Å². The number of unbranched alkanes of at least 4 members (excludes halogenated alkanes) is 1. The highest BCUT2D eigenvalue weighted by atomic mass is 35.5. The second kappa shape index (κ2) is 14.9. The predicted molar refractivity (Wildman–Crippen MR) is 186 cm³/mol. The van der Waals surface area contributed by atoms with E-state index in [0.717, 1.165) is 40.7 Å². The molecule has 0 saturated heterocycles. The Kier molecular flexibility index (Phi) is 10.8. The van der Waals surface area contributed by atoms with Crippen LogP contribution in [-0.2, 0) is 20.9 Å². The Labute approximate surface area is 281 Å². The lowest BCUT2D eigenvalue weighted by Gasteiger charge is -2.30. The van der Waals surface area contributed by atoms with Gasteiger partial charge in [0, 0.05) is 17.4 Å². The second-order valence-electron chi connectivity index (χ2n) is 12.7. The minimum absolute atomic E-state index is 0.0323. The number of para-hydroxylation sites is 1. The van der Waals surface area contributed by atoms with Gasteiger partial charge < -0.3 is 16.0 Å². The lowest BCUT2D eigenvalue weighted by molar-refractivity contribution is -0.136. The molecule has 0 aliphatic carbocycles. The lowest BCUT2D eigenvalue weighted by Crippen LogP contribution is -2.47. The van der Waals surface area contributed by atoms with Crippen molar-refractivity contribution in [2.24, 2.45) is 23.5 Å². The molecule has 1 aliphatic heterocycles. The molecule has 4 aromatic carbocycles. The van der Waals surface area contributed by atoms with Crippen LogP contribution in [0.1, 0.15) is 63.6 Å². The van der Waals surface area contributed by atoms with Gasteiger partial charge in [-0.05, 0) is 70.8 Å². The fourth-order valence-corrected chi connectivity index (χ4v) is 6.71. The summed E-state index contributed by atoms with van der Waals surface area (Å²) in [5, 5.41) is 3.13. The second-order valence-corrected chi connectivity index (χ2v) is 13.1. The predicted octanol–water partition coefficient (Wildman–Crippen LogP) is 8.47. The number of halogens is 2. The molecule has 3 atom stereocenters. The van der Waals surface area contributed by atoms with Crippen LogP contribution >= 0.6 is 11.6 Å². The standard InChI is InChI=1S/C39H41ClFN3O3/c1-4-5-13-31(37(42)45)32(20-24(2)3)38(46)43-36-30-16-7-6-14-28(30)29-15-8-9-17-35(29)44(39(36)47)23-25-11-10-12-26(21-25)27-18-19-34(41)33(40)22-27/h6-12,14-19,21-22,24,31-32,36H,4-5,13,20,23H2,1-3H3,(H2,42,45)(H,43,46)/t31-,32+,36?/m0/s1. The van der Waals surface area contributed by atoms with Crippen molar-refractivity contribution in [1.82, 2.24) is 5.32 Å². The highest BCUT2D eigenvalue weighted by Gasteiger charge is 2.39. The number of hydrogen-bond acceptors (Lipinski definition) is 3. The third-order valence-corrected chi connectivity index (χ3v) is 9.15. The van der Waals surface area contributed by atoms with Crippen molar-refractivity contribution in [2.45, 2.75) is 59.0 Å². The normalized spacial score (nSPS) is 15.4. The first-order chi connectivity index (χ1) is 22.6. The van der Waals surface area contributed by atoms with Gasteiger partial charge >= 0.3 is 0 Å². The Morgan fingerprint density at radius 2 is 1.62 bits per heavy atom. The molecule has 0 aromatic heterocycles. The molecule has 1 aliphatic rings. The zero-order chi connectivity index (χ0) is 33.7. The molecular weight excluding hydrogens is 613 g/mol. The molecule has 3 amide bonds. The first kappa shape index (κ1) is 33.9. The number of rotatable bonds is 12. The van der Waals surface area contributed by atoms with E-state index in [9.17, 15) is 18.8 Å². The lowest BCUT2D eigenvalue weighted by atomic mass is 9.81. The van der Waals surface area contributed by atoms with Crippen LogP contribution in [0.25, 0.3) is 22.3 Å². The number of carbonyl (C=O) groups excluding carboxylic acids is 3. The first-order valence-corrected chi connectivity index (χ1v) is 16.6. The first-order valence-electron chi connectivity index (χ1n) is 16.2. The van der Waals surface area contributed by atoms with Gasteiger partial charge in [-0.15, -0.1) is 0 Å². The molecule has 47 heavy (non-hydrogen) atoms. The summed E-state index contributed by atoms with van der Waals surface area (Å²) in [5.74, 6) is -2.80. The monoisotopic (exact) mass is 653 g/mol. The summed E-state index contributed by atoms with van der Waals surface area (Å²) in [6, 6.07) is 26.6. The van der Waals surface area contributed by atoms with E-state index in [2.05, 4.69) is 5.32 Å². The highest BCUT2D eigenvalue weighted by Crippen LogP contribution is 2.41. The van der Waals surface area contributed by atoms with Crippen LogP contribution in [0.15, 0.2) is 91.0 Å². The molecule has 4 aromatic rings. The van der Waals surface area contributed by atoms with Crippen molar-refractivity contribution >= 4 is 35.0 Å². The number of amides is 3. The van der Waals surface area contributed by atoms with Gasteiger partial charge in [0.05, 0.1) is 17.3 Å². The fraction of sp³-hybridized carbons (Fsp3) is 0.308. The summed E-state index contributed by atoms with van der Waals surface area (Å²) in [6.07, 6.45) is 2.62. The minimum Gasteiger partial charge on any atom is -0.369 e. The number of carbonyl (C=O) groups is 3. The molecule has 1 heterocycles. The van der Waals surface area contributed by atoms with Crippen LogP contribution in [0.3, 0.4) is 0 Å². The molecule has 0 saturated carbocycles. The van der Waals surface area contributed by atoms with Crippen molar-refractivity contribution in [1.29, 1.82) is 0 Å². The molecule has 1 unspecified atom stereocenters. The van der Waals surface area contributed by atoms with E-state index in [4.69, 9.17) is 17.3 Å². The smallest absolute Gasteiger partial charge is 0.254 e. The summed E-state index contributed by atoms with van der Waals surface area (Å²) in [4.78, 5) is 43.3. The van der Waals surface area contributed by atoms with Crippen LogP contribution in [0.2, 0.25) is 5.02 Å². The number of nitrogens with one attached hydrogen (secondary N) is 1. The zero-order valence-corrected chi connectivity index (χ0v) is 27.8. The molecule has 0 bridgehead atoms. The van der Waals surface area contributed by atoms with Gasteiger partial charge in [-0.25, -0.2) is 4.39 Å². The van der Waals surface area contributed by atoms with Gasteiger partial charge in [0.1, 0.15) is 11.9 Å². The van der Waals surface area contributed by atoms with E-state index in [0.29, 0.717) is 24.1 Å². The maximum atomic E-state index is 14.7. The van der Waals surface area contributed by atoms with Gasteiger partial charge in [0.2, 0.25) is 11.8 Å². The fourth-order valence-electron chi connectivity index (χ4n) is 6.53. The Balaban J connectivity index is 1.55. The number of hydrogen-bond donors (Lipinski definition) is 2. The van der Waals surface area contributed by atoms with E-state index in [-0.39, 0.29) is 29.3 Å². The molecule has 0 spiro atoms. The third kappa shape index (κ3) is 7.57. The molecule has 5 rings (SSSR count). The van der Waals surface area contributed by atoms with Gasteiger partial charge in [-0.2, -0.15) is 0 Å². The minimum atomic E-state index is -1.00. The van der Waals surface area contributed by atoms with E-state index in [1.165, 1.54) is 6.07 Å². The molecular formula is C39H41ClFN3O3. The van der Waals surface area contributed by atoms with Crippen molar-refractivity contribution in [2.75, 3.05) is 4.90 Å². The Morgan fingerprint density at radius 1 is 0.915 bits per heavy atom. The van der Waals surface area contributed by atoms with Crippen LogP contribution < -0.4 is 16.0 Å². The van der Waals surface area contributed by atoms with E-state index in [1.54, 1.807) is 17.0 Å². The molecule has 0 fully saturated rings. The van der Waals surface area contributed by atoms with E-state index in [1.807, 2.05) is 93.6 Å². The van der Waals surface area contributed by atoms with Gasteiger partial charge in [0.15, 0.2) is 0 Å². The van der Waals surface area contributed by atoms with Crippen molar-refractivity contribution < 1.29 is 18.8 Å². The van der Waals surface area contributed by atoms with Crippen molar-refractivity contribution in [3.8, 4) is 22.3 Å². The average Bonchev–Trinajstić information content (AvgIpc) is 3.15. The SMILES string of the molecule is CCCC[C@H](C(N)=O)[C@@H](CC(C)C)C(=O)NC1C(=O)N(Cc2cccc(-c3ccc(F)c(Cl)c3)c2)c2ccccc2-c2ccccc21. The molecule has 0 radical (unpaired) electrons. The van der Waals surface area contributed by atoms with Crippen molar-refractivity contribution in [3.05, 3.63) is 113 Å². The molecule has 6 nitrogen and oxygen atoms in total. The van der Waals surface area contributed by atoms with Gasteiger partial charge in [0.25, 0.3) is 5.91 Å². The quantitative estimate of drug-likeness (QED) is 0.161. The number of anilines is 1. The van der Waals surface area contributed by atoms with Gasteiger partial charge in [-0.1, -0.05) is 112 Å². The summed E-state index contributed by atoms with van der Waals surface area (Å²) >= 11 is 6.08. The number of nitrogens with zero attached hydrogens (tertiary/aromatic N) is 1. The Morgan fingerprint density at radius 3 is 2.32 bits per heavy atom. The molecule has 3 N–H and O–H groups in total. The maximum absolute atomic E-state index is 14.7. The summed E-state index contributed by atoms with van der Waals surface area (Å²) in [6.45, 7) is 6.27. The molecule has 8 heteroatoms. The Hall–Kier alpha value is -4.49. The number of nitrogens with two attached hydrogens (primary N) is 1.